The van der Waals surface area contributed by atoms with Gasteiger partial charge in [0.25, 0.3) is 0 Å². The highest BCUT2D eigenvalue weighted by molar-refractivity contribution is 6.28. The van der Waals surface area contributed by atoms with E-state index in [1.165, 1.54) is 38.4 Å². The monoisotopic (exact) mass is 702 g/mol. The van der Waals surface area contributed by atoms with Gasteiger partial charge in [-0.15, -0.1) is 0 Å². The molecule has 4 heteroatoms. The Morgan fingerprint density at radius 2 is 0.782 bits per heavy atom. The number of imidazole rings is 1. The number of para-hydroxylation sites is 3. The van der Waals surface area contributed by atoms with Gasteiger partial charge < -0.3 is 4.57 Å². The first-order valence-corrected chi connectivity index (χ1v) is 18.7. The molecule has 0 unspecified atom stereocenters. The lowest BCUT2D eigenvalue weighted by molar-refractivity contribution is 1.10. The van der Waals surface area contributed by atoms with E-state index < -0.39 is 0 Å². The van der Waals surface area contributed by atoms with E-state index in [1.54, 1.807) is 0 Å². The summed E-state index contributed by atoms with van der Waals surface area (Å²) in [7, 11) is 0. The van der Waals surface area contributed by atoms with E-state index in [2.05, 4.69) is 220 Å². The van der Waals surface area contributed by atoms with E-state index in [4.69, 9.17) is 4.98 Å². The molecule has 55 heavy (non-hydrogen) atoms. The molecule has 258 valence electrons. The second-order valence-corrected chi connectivity index (χ2v) is 14.0. The van der Waals surface area contributed by atoms with Crippen LogP contribution in [0.1, 0.15) is 0 Å². The van der Waals surface area contributed by atoms with Crippen LogP contribution in [0.4, 0.5) is 0 Å². The van der Waals surface area contributed by atoms with Crippen LogP contribution >= 0.6 is 0 Å². The Morgan fingerprint density at radius 1 is 0.309 bits per heavy atom. The van der Waals surface area contributed by atoms with Crippen LogP contribution < -0.4 is 0 Å². The lowest BCUT2D eigenvalue weighted by atomic mass is 9.98. The maximum Gasteiger partial charge on any atom is 0.165 e. The van der Waals surface area contributed by atoms with Gasteiger partial charge in [-0.05, 0) is 82.9 Å². The van der Waals surface area contributed by atoms with Gasteiger partial charge in [0, 0.05) is 38.8 Å². The Bertz CT molecular complexity index is 3100. The van der Waals surface area contributed by atoms with Crippen molar-refractivity contribution in [3.8, 4) is 50.7 Å². The van der Waals surface area contributed by atoms with Crippen molar-refractivity contribution < 1.29 is 0 Å². The third-order valence-electron chi connectivity index (χ3n) is 10.8. The minimum Gasteiger partial charge on any atom is -0.309 e. The van der Waals surface area contributed by atoms with Gasteiger partial charge >= 0.3 is 0 Å². The van der Waals surface area contributed by atoms with Gasteiger partial charge in [-0.3, -0.25) is 9.13 Å². The van der Waals surface area contributed by atoms with Crippen molar-refractivity contribution in [2.45, 2.75) is 0 Å². The summed E-state index contributed by atoms with van der Waals surface area (Å²) >= 11 is 0. The Morgan fingerprint density at radius 3 is 1.36 bits per heavy atom. The van der Waals surface area contributed by atoms with Crippen molar-refractivity contribution in [1.82, 2.24) is 18.7 Å². The summed E-state index contributed by atoms with van der Waals surface area (Å²) < 4.78 is 7.16. The molecule has 4 nitrogen and oxygen atoms in total. The summed E-state index contributed by atoms with van der Waals surface area (Å²) in [5.74, 6) is 0.909. The molecule has 11 aromatic rings. The molecule has 0 aliphatic carbocycles. The molecule has 0 atom stereocenters. The maximum atomic E-state index is 5.53. The summed E-state index contributed by atoms with van der Waals surface area (Å²) in [5.41, 5.74) is 14.5. The molecule has 0 fully saturated rings. The Hall–Kier alpha value is -7.43. The Balaban J connectivity index is 1.31. The SMILES string of the molecule is c1ccc(-c2cc(-c3ccccc3)cc(-n3c4ccccc4c4c5c6c(nc(-c7ccccc7)n6-c6ccccc6)n(-c6ccccc6)c5ccc43)c2)cc1. The molecule has 3 aromatic heterocycles. The van der Waals surface area contributed by atoms with Crippen LogP contribution in [0, 0.1) is 0 Å². The lowest BCUT2D eigenvalue weighted by Gasteiger charge is -2.14. The van der Waals surface area contributed by atoms with Crippen molar-refractivity contribution in [3.63, 3.8) is 0 Å². The predicted octanol–water partition coefficient (Wildman–Crippen LogP) is 13.1. The standard InChI is InChI=1S/C51H34N4/c1-6-18-35(19-7-1)38-32-39(36-20-8-2-9-21-36)34-42(33-38)53-44-29-17-16-28-43(44)47-45(53)30-31-46-48(47)49-51(54(46)40-24-12-4-13-25-40)52-50(37-22-10-3-11-23-37)55(49)41-26-14-5-15-27-41/h1-34H. The normalized spacial score (nSPS) is 11.6. The zero-order chi connectivity index (χ0) is 36.3. The van der Waals surface area contributed by atoms with Crippen molar-refractivity contribution in [2.24, 2.45) is 0 Å². The topological polar surface area (TPSA) is 27.7 Å². The number of benzene rings is 8. The van der Waals surface area contributed by atoms with E-state index in [1.807, 2.05) is 0 Å². The molecule has 8 aromatic carbocycles. The van der Waals surface area contributed by atoms with E-state index >= 15 is 0 Å². The summed E-state index contributed by atoms with van der Waals surface area (Å²) in [6.45, 7) is 0. The smallest absolute Gasteiger partial charge is 0.165 e. The molecule has 0 spiro atoms. The highest BCUT2D eigenvalue weighted by atomic mass is 15.2. The van der Waals surface area contributed by atoms with Gasteiger partial charge in [0.15, 0.2) is 5.65 Å². The van der Waals surface area contributed by atoms with Crippen molar-refractivity contribution in [1.29, 1.82) is 0 Å². The highest BCUT2D eigenvalue weighted by Gasteiger charge is 2.27. The molecule has 0 aliphatic heterocycles. The predicted molar refractivity (Wildman–Crippen MR) is 229 cm³/mol. The van der Waals surface area contributed by atoms with Gasteiger partial charge in [0.05, 0.1) is 16.6 Å². The zero-order valence-electron chi connectivity index (χ0n) is 29.9. The van der Waals surface area contributed by atoms with E-state index in [9.17, 15) is 0 Å². The van der Waals surface area contributed by atoms with Gasteiger partial charge in [-0.2, -0.15) is 0 Å². The quantitative estimate of drug-likeness (QED) is 0.169. The average Bonchev–Trinajstić information content (AvgIpc) is 3.92. The molecule has 0 amide bonds. The number of rotatable bonds is 6. The first kappa shape index (κ1) is 31.1. The van der Waals surface area contributed by atoms with Crippen LogP contribution in [-0.2, 0) is 0 Å². The number of hydrogen-bond donors (Lipinski definition) is 0. The summed E-state index contributed by atoms with van der Waals surface area (Å²) in [6, 6.07) is 73.7. The van der Waals surface area contributed by atoms with E-state index in [0.29, 0.717) is 0 Å². The Labute approximate surface area is 318 Å². The summed E-state index contributed by atoms with van der Waals surface area (Å²) in [5, 5.41) is 3.58. The van der Waals surface area contributed by atoms with Crippen molar-refractivity contribution >= 4 is 43.9 Å². The highest BCUT2D eigenvalue weighted by Crippen LogP contribution is 2.45. The van der Waals surface area contributed by atoms with E-state index in [-0.39, 0.29) is 0 Å². The summed E-state index contributed by atoms with van der Waals surface area (Å²) in [4.78, 5) is 5.53. The average molecular weight is 703 g/mol. The molecule has 0 N–H and O–H groups in total. The fourth-order valence-electron chi connectivity index (χ4n) is 8.44. The molecule has 0 aliphatic rings. The minimum absolute atomic E-state index is 0.909. The zero-order valence-corrected chi connectivity index (χ0v) is 29.9. The second kappa shape index (κ2) is 12.6. The fraction of sp³-hybridized carbons (Fsp3) is 0. The molecule has 11 rings (SSSR count). The largest absolute Gasteiger partial charge is 0.309 e. The van der Waals surface area contributed by atoms with Gasteiger partial charge in [-0.25, -0.2) is 4.98 Å². The molecule has 0 bridgehead atoms. The molecule has 3 heterocycles. The minimum atomic E-state index is 0.909. The van der Waals surface area contributed by atoms with Crippen molar-refractivity contribution in [2.75, 3.05) is 0 Å². The summed E-state index contributed by atoms with van der Waals surface area (Å²) in [6.07, 6.45) is 0. The van der Waals surface area contributed by atoms with Crippen molar-refractivity contribution in [3.05, 3.63) is 206 Å². The third kappa shape index (κ3) is 4.96. The Kier molecular flexibility index (Phi) is 7.14. The van der Waals surface area contributed by atoms with Gasteiger partial charge in [0.1, 0.15) is 11.3 Å². The van der Waals surface area contributed by atoms with Crippen LogP contribution in [0.5, 0.6) is 0 Å². The first-order valence-electron chi connectivity index (χ1n) is 18.7. The maximum absolute atomic E-state index is 5.53. The molecule has 0 saturated heterocycles. The number of fused-ring (bicyclic) bond motifs is 7. The second-order valence-electron chi connectivity index (χ2n) is 14.0. The fourth-order valence-corrected chi connectivity index (χ4v) is 8.44. The molecule has 0 saturated carbocycles. The first-order chi connectivity index (χ1) is 27.3. The van der Waals surface area contributed by atoms with Crippen LogP contribution in [-0.4, -0.2) is 18.7 Å². The van der Waals surface area contributed by atoms with Crippen LogP contribution in [0.25, 0.3) is 94.6 Å². The van der Waals surface area contributed by atoms with Crippen LogP contribution in [0.15, 0.2) is 206 Å². The molecular formula is C51H34N4. The number of nitrogens with zero attached hydrogens (tertiary/aromatic N) is 4. The van der Waals surface area contributed by atoms with Gasteiger partial charge in [0.2, 0.25) is 0 Å². The molecular weight excluding hydrogens is 669 g/mol. The number of hydrogen-bond acceptors (Lipinski definition) is 1. The number of aromatic nitrogens is 4. The van der Waals surface area contributed by atoms with E-state index in [0.717, 1.165) is 56.2 Å². The van der Waals surface area contributed by atoms with Gasteiger partial charge in [-0.1, -0.05) is 146 Å². The van der Waals surface area contributed by atoms with Crippen LogP contribution in [0.2, 0.25) is 0 Å². The lowest BCUT2D eigenvalue weighted by Crippen LogP contribution is -1.98. The third-order valence-corrected chi connectivity index (χ3v) is 10.8. The molecule has 0 radical (unpaired) electrons. The van der Waals surface area contributed by atoms with Crippen LogP contribution in [0.3, 0.4) is 0 Å².